The molecule has 0 saturated heterocycles. The second-order valence-electron chi connectivity index (χ2n) is 3.33. The molecule has 0 radical (unpaired) electrons. The molecule has 1 saturated carbocycles. The van der Waals surface area contributed by atoms with Crippen molar-refractivity contribution in [1.82, 2.24) is 0 Å². The molecule has 0 nitrogen and oxygen atoms in total. The van der Waals surface area contributed by atoms with Gasteiger partial charge < -0.3 is 0 Å². The SMILES string of the molecule is C=C=C(C)C1(CCC)CC1. The molecule has 1 aliphatic rings. The molecule has 0 N–H and O–H groups in total. The summed E-state index contributed by atoms with van der Waals surface area (Å²) >= 11 is 0. The minimum absolute atomic E-state index is 0.552. The fourth-order valence-electron chi connectivity index (χ4n) is 1.63. The Bertz CT molecular complexity index is 166. The Morgan fingerprint density at radius 3 is 2.50 bits per heavy atom. The largest absolute Gasteiger partial charge is 0.129 e. The first-order chi connectivity index (χ1) is 4.75. The summed E-state index contributed by atoms with van der Waals surface area (Å²) in [5, 5.41) is 0. The molecule has 0 aromatic heterocycles. The van der Waals surface area contributed by atoms with Crippen LogP contribution in [0.4, 0.5) is 0 Å². The summed E-state index contributed by atoms with van der Waals surface area (Å²) in [5.74, 6) is 0. The van der Waals surface area contributed by atoms with Gasteiger partial charge in [-0.3, -0.25) is 0 Å². The van der Waals surface area contributed by atoms with Crippen LogP contribution in [0.5, 0.6) is 0 Å². The van der Waals surface area contributed by atoms with E-state index < -0.39 is 0 Å². The molecular formula is C10H16. The Balaban J connectivity index is 2.60. The van der Waals surface area contributed by atoms with Crippen LogP contribution in [0.2, 0.25) is 0 Å². The number of allylic oxidation sites excluding steroid dienone is 1. The zero-order valence-corrected chi connectivity index (χ0v) is 7.04. The average molecular weight is 136 g/mol. The third-order valence-electron chi connectivity index (χ3n) is 2.64. The lowest BCUT2D eigenvalue weighted by molar-refractivity contribution is 0.540. The van der Waals surface area contributed by atoms with Crippen LogP contribution in [-0.4, -0.2) is 0 Å². The highest BCUT2D eigenvalue weighted by Gasteiger charge is 2.42. The zero-order chi connectivity index (χ0) is 7.61. The maximum atomic E-state index is 3.69. The van der Waals surface area contributed by atoms with Crippen molar-refractivity contribution in [3.05, 3.63) is 17.9 Å². The predicted octanol–water partition coefficient (Wildman–Crippen LogP) is 3.30. The van der Waals surface area contributed by atoms with E-state index >= 15 is 0 Å². The molecule has 1 rings (SSSR count). The molecule has 0 aliphatic heterocycles. The number of rotatable bonds is 3. The van der Waals surface area contributed by atoms with Crippen LogP contribution in [0.25, 0.3) is 0 Å². The quantitative estimate of drug-likeness (QED) is 0.522. The van der Waals surface area contributed by atoms with E-state index in [0.717, 1.165) is 0 Å². The van der Waals surface area contributed by atoms with Gasteiger partial charge in [0.05, 0.1) is 0 Å². The van der Waals surface area contributed by atoms with Crippen LogP contribution in [0, 0.1) is 5.41 Å². The van der Waals surface area contributed by atoms with Crippen molar-refractivity contribution < 1.29 is 0 Å². The summed E-state index contributed by atoms with van der Waals surface area (Å²) in [6, 6.07) is 0. The third kappa shape index (κ3) is 1.17. The molecule has 10 heavy (non-hydrogen) atoms. The molecule has 0 amide bonds. The molecule has 0 atom stereocenters. The van der Waals surface area contributed by atoms with E-state index in [0.29, 0.717) is 5.41 Å². The summed E-state index contributed by atoms with van der Waals surface area (Å²) in [7, 11) is 0. The van der Waals surface area contributed by atoms with Gasteiger partial charge >= 0.3 is 0 Å². The highest BCUT2D eigenvalue weighted by Crippen LogP contribution is 2.54. The fourth-order valence-corrected chi connectivity index (χ4v) is 1.63. The Morgan fingerprint density at radius 2 is 2.20 bits per heavy atom. The lowest BCUT2D eigenvalue weighted by Crippen LogP contribution is -1.99. The predicted molar refractivity (Wildman–Crippen MR) is 44.9 cm³/mol. The van der Waals surface area contributed by atoms with E-state index in [9.17, 15) is 0 Å². The van der Waals surface area contributed by atoms with E-state index in [-0.39, 0.29) is 0 Å². The minimum Gasteiger partial charge on any atom is -0.129 e. The molecule has 1 aliphatic carbocycles. The summed E-state index contributed by atoms with van der Waals surface area (Å²) in [6.07, 6.45) is 5.37. The van der Waals surface area contributed by atoms with Crippen molar-refractivity contribution >= 4 is 0 Å². The van der Waals surface area contributed by atoms with E-state index in [1.807, 2.05) is 0 Å². The molecule has 0 heterocycles. The smallest absolute Gasteiger partial charge is 0.00147 e. The first-order valence-electron chi connectivity index (χ1n) is 4.12. The van der Waals surface area contributed by atoms with Crippen molar-refractivity contribution in [1.29, 1.82) is 0 Å². The van der Waals surface area contributed by atoms with Crippen LogP contribution < -0.4 is 0 Å². The minimum atomic E-state index is 0.552. The summed E-state index contributed by atoms with van der Waals surface area (Å²) in [5.41, 5.74) is 4.95. The standard InChI is InChI=1S/C10H16/c1-4-6-10(7-8-10)9(3)5-2/h2,4,6-8H2,1,3H3. The van der Waals surface area contributed by atoms with Crippen LogP contribution >= 0.6 is 0 Å². The normalized spacial score (nSPS) is 19.8. The van der Waals surface area contributed by atoms with Gasteiger partial charge in [0, 0.05) is 0 Å². The molecule has 0 bridgehead atoms. The van der Waals surface area contributed by atoms with Crippen LogP contribution in [0.3, 0.4) is 0 Å². The molecule has 56 valence electrons. The number of hydrogen-bond donors (Lipinski definition) is 0. The first kappa shape index (κ1) is 7.63. The zero-order valence-electron chi connectivity index (χ0n) is 7.04. The maximum absolute atomic E-state index is 3.69. The Hall–Kier alpha value is -0.480. The van der Waals surface area contributed by atoms with Crippen molar-refractivity contribution in [2.45, 2.75) is 39.5 Å². The van der Waals surface area contributed by atoms with Gasteiger partial charge in [-0.1, -0.05) is 19.9 Å². The highest BCUT2D eigenvalue weighted by atomic mass is 14.5. The van der Waals surface area contributed by atoms with Crippen molar-refractivity contribution in [3.8, 4) is 0 Å². The van der Waals surface area contributed by atoms with Gasteiger partial charge in [0.2, 0.25) is 0 Å². The van der Waals surface area contributed by atoms with E-state index in [4.69, 9.17) is 0 Å². The van der Waals surface area contributed by atoms with E-state index in [1.165, 1.54) is 31.3 Å². The van der Waals surface area contributed by atoms with Gasteiger partial charge in [0.1, 0.15) is 0 Å². The molecule has 0 aromatic rings. The van der Waals surface area contributed by atoms with Gasteiger partial charge in [-0.25, -0.2) is 0 Å². The van der Waals surface area contributed by atoms with Crippen molar-refractivity contribution in [2.75, 3.05) is 0 Å². The molecule has 1 fully saturated rings. The fraction of sp³-hybridized carbons (Fsp3) is 0.700. The van der Waals surface area contributed by atoms with Gasteiger partial charge in [0.15, 0.2) is 0 Å². The Kier molecular flexibility index (Phi) is 2.01. The lowest BCUT2D eigenvalue weighted by atomic mass is 9.93. The van der Waals surface area contributed by atoms with Gasteiger partial charge in [-0.2, -0.15) is 0 Å². The van der Waals surface area contributed by atoms with E-state index in [2.05, 4.69) is 26.2 Å². The van der Waals surface area contributed by atoms with Crippen LogP contribution in [0.15, 0.2) is 17.9 Å². The summed E-state index contributed by atoms with van der Waals surface area (Å²) < 4.78 is 0. The molecule has 0 heteroatoms. The van der Waals surface area contributed by atoms with Gasteiger partial charge in [-0.15, -0.1) is 5.73 Å². The molecule has 0 unspecified atom stereocenters. The Labute approximate surface area is 63.6 Å². The lowest BCUT2D eigenvalue weighted by Gasteiger charge is -2.11. The molecule has 0 spiro atoms. The monoisotopic (exact) mass is 136 g/mol. The number of hydrogen-bond acceptors (Lipinski definition) is 0. The second-order valence-corrected chi connectivity index (χ2v) is 3.33. The molecular weight excluding hydrogens is 120 g/mol. The molecule has 0 aromatic carbocycles. The first-order valence-corrected chi connectivity index (χ1v) is 4.12. The maximum Gasteiger partial charge on any atom is -0.00147 e. The highest BCUT2D eigenvalue weighted by molar-refractivity contribution is 5.18. The summed E-state index contributed by atoms with van der Waals surface area (Å²) in [4.78, 5) is 0. The van der Waals surface area contributed by atoms with Crippen LogP contribution in [0.1, 0.15) is 39.5 Å². The van der Waals surface area contributed by atoms with Crippen molar-refractivity contribution in [3.63, 3.8) is 0 Å². The average Bonchev–Trinajstić information content (AvgIpc) is 2.69. The van der Waals surface area contributed by atoms with Gasteiger partial charge in [0.25, 0.3) is 0 Å². The second kappa shape index (κ2) is 2.64. The van der Waals surface area contributed by atoms with Crippen LogP contribution in [-0.2, 0) is 0 Å². The van der Waals surface area contributed by atoms with Crippen molar-refractivity contribution in [2.24, 2.45) is 5.41 Å². The topological polar surface area (TPSA) is 0 Å². The third-order valence-corrected chi connectivity index (χ3v) is 2.64. The van der Waals surface area contributed by atoms with E-state index in [1.54, 1.807) is 0 Å². The Morgan fingerprint density at radius 1 is 1.60 bits per heavy atom. The summed E-state index contributed by atoms with van der Waals surface area (Å²) in [6.45, 7) is 8.10. The van der Waals surface area contributed by atoms with Gasteiger partial charge in [-0.05, 0) is 37.2 Å².